The van der Waals surface area contributed by atoms with E-state index in [-0.39, 0.29) is 0 Å². The lowest BCUT2D eigenvalue weighted by Gasteiger charge is -2.27. The summed E-state index contributed by atoms with van der Waals surface area (Å²) in [4.78, 5) is 0. The molecule has 1 unspecified atom stereocenters. The van der Waals surface area contributed by atoms with Crippen LogP contribution in [0, 0.1) is 0 Å². The molecule has 0 aliphatic rings. The first-order chi connectivity index (χ1) is 9.66. The third-order valence-electron chi connectivity index (χ3n) is 3.04. The van der Waals surface area contributed by atoms with Gasteiger partial charge in [0.1, 0.15) is 0 Å². The van der Waals surface area contributed by atoms with Gasteiger partial charge in [0.15, 0.2) is 0 Å². The summed E-state index contributed by atoms with van der Waals surface area (Å²) < 4.78 is 17.1. The maximum atomic E-state index is 5.86. The first-order valence-corrected chi connectivity index (χ1v) is 11.8. The SMILES string of the molecule is CCCCO[Si](CCCC)(OC)OCC.CCCC[SiH3]. The summed E-state index contributed by atoms with van der Waals surface area (Å²) in [5.74, 6) is 0. The van der Waals surface area contributed by atoms with Gasteiger partial charge in [-0.3, -0.25) is 0 Å². The van der Waals surface area contributed by atoms with Crippen molar-refractivity contribution in [2.45, 2.75) is 78.3 Å². The van der Waals surface area contributed by atoms with Crippen LogP contribution in [0.25, 0.3) is 0 Å². The summed E-state index contributed by atoms with van der Waals surface area (Å²) in [6.45, 7) is 10.0. The molecule has 124 valence electrons. The predicted octanol–water partition coefficient (Wildman–Crippen LogP) is 3.80. The Kier molecular flexibility index (Phi) is 19.6. The second kappa shape index (κ2) is 17.4. The number of hydrogen-bond acceptors (Lipinski definition) is 3. The van der Waals surface area contributed by atoms with Gasteiger partial charge in [-0.1, -0.05) is 52.5 Å². The molecule has 1 atom stereocenters. The molecule has 5 heteroatoms. The number of unbranched alkanes of at least 4 members (excludes halogenated alkanes) is 3. The topological polar surface area (TPSA) is 27.7 Å². The molecular formula is C15H38O3Si2. The van der Waals surface area contributed by atoms with Crippen molar-refractivity contribution < 1.29 is 13.3 Å². The van der Waals surface area contributed by atoms with Gasteiger partial charge in [-0.2, -0.15) is 0 Å². The van der Waals surface area contributed by atoms with E-state index in [0.29, 0.717) is 6.61 Å². The van der Waals surface area contributed by atoms with E-state index < -0.39 is 8.80 Å². The molecule has 0 aromatic heterocycles. The lowest BCUT2D eigenvalue weighted by Crippen LogP contribution is -2.45. The molecular weight excluding hydrogens is 284 g/mol. The van der Waals surface area contributed by atoms with E-state index in [4.69, 9.17) is 13.3 Å². The molecule has 0 saturated carbocycles. The van der Waals surface area contributed by atoms with Gasteiger partial charge >= 0.3 is 8.80 Å². The Balaban J connectivity index is 0. The lowest BCUT2D eigenvalue weighted by atomic mass is 10.4. The highest BCUT2D eigenvalue weighted by Crippen LogP contribution is 2.18. The van der Waals surface area contributed by atoms with Crippen LogP contribution in [0.4, 0.5) is 0 Å². The Morgan fingerprint density at radius 2 is 1.45 bits per heavy atom. The zero-order chi connectivity index (χ0) is 15.7. The Hall–Kier alpha value is 0.314. The molecule has 0 amide bonds. The lowest BCUT2D eigenvalue weighted by molar-refractivity contribution is 0.0801. The van der Waals surface area contributed by atoms with Crippen LogP contribution in [0.5, 0.6) is 0 Å². The summed E-state index contributed by atoms with van der Waals surface area (Å²) in [7, 11) is 0.783. The molecule has 0 rings (SSSR count). The first-order valence-electron chi connectivity index (χ1n) is 8.49. The molecule has 0 bridgehead atoms. The summed E-state index contributed by atoms with van der Waals surface area (Å²) in [5, 5.41) is 0. The minimum atomic E-state index is -2.33. The fourth-order valence-electron chi connectivity index (χ4n) is 1.74. The molecule has 0 aromatic rings. The average molecular weight is 323 g/mol. The van der Waals surface area contributed by atoms with E-state index in [1.807, 2.05) is 6.92 Å². The first kappa shape index (κ1) is 22.6. The molecule has 0 saturated heterocycles. The molecule has 0 heterocycles. The zero-order valence-corrected chi connectivity index (χ0v) is 17.8. The van der Waals surface area contributed by atoms with Crippen molar-refractivity contribution in [2.24, 2.45) is 0 Å². The standard InChI is InChI=1S/C11H26O3Si.C4H12Si/c1-5-8-10-14-15(12-4,13-7-3)11-9-6-2;1-2-3-4-5/h5-11H2,1-4H3;2-4H2,1,5H3. The molecule has 3 nitrogen and oxygen atoms in total. The highest BCUT2D eigenvalue weighted by Gasteiger charge is 2.38. The second-order valence-corrected chi connectivity index (χ2v) is 8.83. The van der Waals surface area contributed by atoms with Gasteiger partial charge in [0.05, 0.1) is 0 Å². The molecule has 0 N–H and O–H groups in total. The third-order valence-corrected chi connectivity index (χ3v) is 6.71. The van der Waals surface area contributed by atoms with Crippen LogP contribution in [0.3, 0.4) is 0 Å². The van der Waals surface area contributed by atoms with Gasteiger partial charge < -0.3 is 13.3 Å². The van der Waals surface area contributed by atoms with Crippen LogP contribution in [0.15, 0.2) is 0 Å². The van der Waals surface area contributed by atoms with Crippen molar-refractivity contribution >= 4 is 19.0 Å². The van der Waals surface area contributed by atoms with E-state index in [0.717, 1.165) is 38.3 Å². The fraction of sp³-hybridized carbons (Fsp3) is 1.00. The quantitative estimate of drug-likeness (QED) is 0.404. The van der Waals surface area contributed by atoms with Crippen LogP contribution < -0.4 is 0 Å². The minimum Gasteiger partial charge on any atom is -0.377 e. The van der Waals surface area contributed by atoms with E-state index >= 15 is 0 Å². The van der Waals surface area contributed by atoms with Gasteiger partial charge in [0.2, 0.25) is 0 Å². The smallest absolute Gasteiger partial charge is 0.377 e. The highest BCUT2D eigenvalue weighted by atomic mass is 28.4. The Labute approximate surface area is 131 Å². The van der Waals surface area contributed by atoms with Crippen LogP contribution in [-0.4, -0.2) is 39.4 Å². The normalized spacial score (nSPS) is 13.7. The van der Waals surface area contributed by atoms with E-state index in [9.17, 15) is 0 Å². The maximum Gasteiger partial charge on any atom is 0.500 e. The van der Waals surface area contributed by atoms with Crippen molar-refractivity contribution in [2.75, 3.05) is 20.3 Å². The van der Waals surface area contributed by atoms with Crippen LogP contribution >= 0.6 is 0 Å². The molecule has 0 aliphatic carbocycles. The Bertz CT molecular complexity index is 181. The van der Waals surface area contributed by atoms with Crippen molar-refractivity contribution in [1.29, 1.82) is 0 Å². The predicted molar refractivity (Wildman–Crippen MR) is 94.6 cm³/mol. The number of hydrogen-bond donors (Lipinski definition) is 0. The molecule has 0 aromatic carbocycles. The summed E-state index contributed by atoms with van der Waals surface area (Å²) in [6.07, 6.45) is 7.33. The van der Waals surface area contributed by atoms with E-state index in [2.05, 4.69) is 20.8 Å². The molecule has 20 heavy (non-hydrogen) atoms. The van der Waals surface area contributed by atoms with Crippen molar-refractivity contribution in [3.63, 3.8) is 0 Å². The van der Waals surface area contributed by atoms with Gasteiger partial charge in [0, 0.05) is 36.6 Å². The molecule has 0 radical (unpaired) electrons. The largest absolute Gasteiger partial charge is 0.500 e. The van der Waals surface area contributed by atoms with Crippen LogP contribution in [0.1, 0.15) is 66.2 Å². The van der Waals surface area contributed by atoms with Crippen molar-refractivity contribution in [3.05, 3.63) is 0 Å². The zero-order valence-electron chi connectivity index (χ0n) is 14.8. The third kappa shape index (κ3) is 13.3. The minimum absolute atomic E-state index is 0.676. The summed E-state index contributed by atoms with van der Waals surface area (Å²) in [6, 6.07) is 2.42. The van der Waals surface area contributed by atoms with Crippen LogP contribution in [-0.2, 0) is 13.3 Å². The Morgan fingerprint density at radius 1 is 0.850 bits per heavy atom. The van der Waals surface area contributed by atoms with Crippen molar-refractivity contribution in [3.8, 4) is 0 Å². The molecule has 0 fully saturated rings. The molecule has 0 spiro atoms. The fourth-order valence-corrected chi connectivity index (χ4v) is 4.95. The summed E-state index contributed by atoms with van der Waals surface area (Å²) >= 11 is 0. The number of rotatable bonds is 12. The maximum absolute atomic E-state index is 5.86. The van der Waals surface area contributed by atoms with E-state index in [1.54, 1.807) is 7.11 Å². The summed E-state index contributed by atoms with van der Waals surface area (Å²) in [5.41, 5.74) is 0. The molecule has 0 aliphatic heterocycles. The highest BCUT2D eigenvalue weighted by molar-refractivity contribution is 6.60. The van der Waals surface area contributed by atoms with Gasteiger partial charge in [-0.25, -0.2) is 0 Å². The van der Waals surface area contributed by atoms with Gasteiger partial charge in [-0.15, -0.1) is 0 Å². The second-order valence-electron chi connectivity index (χ2n) is 4.98. The van der Waals surface area contributed by atoms with Crippen LogP contribution in [0.2, 0.25) is 12.1 Å². The Morgan fingerprint density at radius 3 is 1.80 bits per heavy atom. The van der Waals surface area contributed by atoms with Crippen molar-refractivity contribution in [1.82, 2.24) is 0 Å². The van der Waals surface area contributed by atoms with Gasteiger partial charge in [0.25, 0.3) is 0 Å². The van der Waals surface area contributed by atoms with Gasteiger partial charge in [-0.05, 0) is 19.8 Å². The van der Waals surface area contributed by atoms with E-state index in [1.165, 1.54) is 29.1 Å². The average Bonchev–Trinajstić information content (AvgIpc) is 2.46. The monoisotopic (exact) mass is 322 g/mol.